The molecule has 3 nitrogen and oxygen atoms in total. The quantitative estimate of drug-likeness (QED) is 0.868. The van der Waals surface area contributed by atoms with Crippen molar-refractivity contribution in [3.05, 3.63) is 34.9 Å². The molecule has 2 heterocycles. The third kappa shape index (κ3) is 2.10. The summed E-state index contributed by atoms with van der Waals surface area (Å²) in [6, 6.07) is 4.58. The van der Waals surface area contributed by atoms with Gasteiger partial charge in [-0.2, -0.15) is 0 Å². The molecule has 0 saturated heterocycles. The molecular formula is C14H15ClFN3. The highest BCUT2D eigenvalue weighted by atomic mass is 35.5. The van der Waals surface area contributed by atoms with Crippen LogP contribution >= 0.6 is 11.6 Å². The van der Waals surface area contributed by atoms with Crippen molar-refractivity contribution in [2.45, 2.75) is 26.3 Å². The van der Waals surface area contributed by atoms with E-state index in [1.807, 2.05) is 0 Å². The summed E-state index contributed by atoms with van der Waals surface area (Å²) in [5, 5.41) is 0.0937. The minimum Gasteiger partial charge on any atom is -0.383 e. The van der Waals surface area contributed by atoms with E-state index >= 15 is 0 Å². The van der Waals surface area contributed by atoms with E-state index in [9.17, 15) is 4.39 Å². The number of anilines is 1. The van der Waals surface area contributed by atoms with E-state index in [1.165, 1.54) is 6.07 Å². The van der Waals surface area contributed by atoms with Crippen LogP contribution in [0.5, 0.6) is 0 Å². The summed E-state index contributed by atoms with van der Waals surface area (Å²) in [4.78, 5) is 4.58. The summed E-state index contributed by atoms with van der Waals surface area (Å²) in [5.41, 5.74) is 7.63. The molecule has 0 aliphatic carbocycles. The van der Waals surface area contributed by atoms with Gasteiger partial charge in [-0.05, 0) is 30.5 Å². The Kier molecular flexibility index (Phi) is 2.97. The van der Waals surface area contributed by atoms with Gasteiger partial charge in [0.15, 0.2) is 0 Å². The minimum absolute atomic E-state index is 0.0937. The predicted octanol–water partition coefficient (Wildman–Crippen LogP) is 3.51. The monoisotopic (exact) mass is 279 g/mol. The summed E-state index contributed by atoms with van der Waals surface area (Å²) >= 11 is 5.82. The van der Waals surface area contributed by atoms with Crippen molar-refractivity contribution in [2.75, 3.05) is 5.73 Å². The van der Waals surface area contributed by atoms with Crippen LogP contribution in [0.15, 0.2) is 18.2 Å². The fourth-order valence-electron chi connectivity index (χ4n) is 2.54. The van der Waals surface area contributed by atoms with E-state index in [0.717, 1.165) is 30.8 Å². The summed E-state index contributed by atoms with van der Waals surface area (Å²) in [6.45, 7) is 3.10. The number of aromatic nitrogens is 2. The number of benzene rings is 1. The van der Waals surface area contributed by atoms with Crippen LogP contribution in [-0.2, 0) is 13.0 Å². The van der Waals surface area contributed by atoms with Gasteiger partial charge in [0.05, 0.1) is 5.02 Å². The fraction of sp³-hybridized carbons (Fsp3) is 0.357. The Morgan fingerprint density at radius 2 is 2.26 bits per heavy atom. The summed E-state index contributed by atoms with van der Waals surface area (Å²) < 4.78 is 15.3. The van der Waals surface area contributed by atoms with Gasteiger partial charge in [0.2, 0.25) is 0 Å². The summed E-state index contributed by atoms with van der Waals surface area (Å²) in [5.74, 6) is 1.82. The van der Waals surface area contributed by atoms with Crippen LogP contribution in [0.25, 0.3) is 11.3 Å². The third-order valence-corrected chi connectivity index (χ3v) is 3.92. The number of nitrogens with two attached hydrogens (primary N) is 1. The maximum atomic E-state index is 13.2. The van der Waals surface area contributed by atoms with Crippen molar-refractivity contribution in [2.24, 2.45) is 5.92 Å². The number of fused-ring (bicyclic) bond motifs is 1. The molecule has 1 aromatic heterocycles. The van der Waals surface area contributed by atoms with E-state index in [1.54, 1.807) is 12.1 Å². The van der Waals surface area contributed by atoms with Gasteiger partial charge in [-0.15, -0.1) is 0 Å². The van der Waals surface area contributed by atoms with Crippen molar-refractivity contribution in [1.29, 1.82) is 0 Å². The maximum absolute atomic E-state index is 13.2. The van der Waals surface area contributed by atoms with Crippen LogP contribution in [0, 0.1) is 11.7 Å². The van der Waals surface area contributed by atoms with Gasteiger partial charge in [-0.3, -0.25) is 0 Å². The van der Waals surface area contributed by atoms with Gasteiger partial charge in [-0.25, -0.2) is 9.37 Å². The van der Waals surface area contributed by atoms with Crippen molar-refractivity contribution in [1.82, 2.24) is 9.55 Å². The van der Waals surface area contributed by atoms with E-state index in [-0.39, 0.29) is 5.02 Å². The lowest BCUT2D eigenvalue weighted by molar-refractivity contribution is 0.397. The number of imidazole rings is 1. The van der Waals surface area contributed by atoms with Crippen LogP contribution < -0.4 is 5.73 Å². The molecule has 2 N–H and O–H groups in total. The first-order chi connectivity index (χ1) is 9.06. The Morgan fingerprint density at radius 3 is 3.00 bits per heavy atom. The highest BCUT2D eigenvalue weighted by Crippen LogP contribution is 2.32. The zero-order valence-corrected chi connectivity index (χ0v) is 11.4. The average molecular weight is 280 g/mol. The lowest BCUT2D eigenvalue weighted by atomic mass is 10.0. The number of nitrogens with zero attached hydrogens (tertiary/aromatic N) is 2. The molecule has 0 amide bonds. The van der Waals surface area contributed by atoms with E-state index < -0.39 is 5.82 Å². The zero-order valence-electron chi connectivity index (χ0n) is 10.7. The van der Waals surface area contributed by atoms with Gasteiger partial charge in [-0.1, -0.05) is 18.5 Å². The first kappa shape index (κ1) is 12.5. The molecule has 19 heavy (non-hydrogen) atoms. The van der Waals surface area contributed by atoms with Gasteiger partial charge >= 0.3 is 0 Å². The first-order valence-electron chi connectivity index (χ1n) is 6.36. The standard InChI is InChI=1S/C14H15ClFN3/c1-8-2-5-12-18-13(14(17)19(12)7-8)9-3-4-11(16)10(15)6-9/h3-4,6,8H,2,5,7,17H2,1H3. The second-order valence-electron chi connectivity index (χ2n) is 5.15. The van der Waals surface area contributed by atoms with Crippen molar-refractivity contribution in [3.63, 3.8) is 0 Å². The normalized spacial score (nSPS) is 18.4. The molecule has 1 atom stereocenters. The smallest absolute Gasteiger partial charge is 0.141 e. The van der Waals surface area contributed by atoms with Crippen LogP contribution in [0.3, 0.4) is 0 Å². The molecule has 1 aliphatic heterocycles. The van der Waals surface area contributed by atoms with Crippen LogP contribution in [0.2, 0.25) is 5.02 Å². The highest BCUT2D eigenvalue weighted by Gasteiger charge is 2.22. The Hall–Kier alpha value is -1.55. The zero-order chi connectivity index (χ0) is 13.6. The molecule has 2 aromatic rings. The molecule has 0 spiro atoms. The third-order valence-electron chi connectivity index (χ3n) is 3.63. The van der Waals surface area contributed by atoms with Gasteiger partial charge in [0, 0.05) is 18.5 Å². The van der Waals surface area contributed by atoms with E-state index in [2.05, 4.69) is 16.5 Å². The number of rotatable bonds is 1. The van der Waals surface area contributed by atoms with E-state index in [4.69, 9.17) is 17.3 Å². The molecule has 5 heteroatoms. The molecule has 0 fully saturated rings. The number of aryl methyl sites for hydroxylation is 1. The fourth-order valence-corrected chi connectivity index (χ4v) is 2.72. The summed E-state index contributed by atoms with van der Waals surface area (Å²) in [7, 11) is 0. The largest absolute Gasteiger partial charge is 0.383 e. The van der Waals surface area contributed by atoms with Crippen LogP contribution in [-0.4, -0.2) is 9.55 Å². The molecule has 0 saturated carbocycles. The molecule has 100 valence electrons. The molecule has 1 unspecified atom stereocenters. The van der Waals surface area contributed by atoms with Crippen LogP contribution in [0.4, 0.5) is 10.2 Å². The molecule has 0 radical (unpaired) electrons. The average Bonchev–Trinajstić information content (AvgIpc) is 2.70. The van der Waals surface area contributed by atoms with Gasteiger partial charge < -0.3 is 10.3 Å². The first-order valence-corrected chi connectivity index (χ1v) is 6.74. The maximum Gasteiger partial charge on any atom is 0.141 e. The second kappa shape index (κ2) is 4.53. The Morgan fingerprint density at radius 1 is 1.47 bits per heavy atom. The topological polar surface area (TPSA) is 43.8 Å². The molecule has 0 bridgehead atoms. The highest BCUT2D eigenvalue weighted by molar-refractivity contribution is 6.31. The number of halogens is 2. The summed E-state index contributed by atoms with van der Waals surface area (Å²) in [6.07, 6.45) is 2.06. The lowest BCUT2D eigenvalue weighted by Gasteiger charge is -2.20. The van der Waals surface area contributed by atoms with E-state index in [0.29, 0.717) is 17.4 Å². The predicted molar refractivity (Wildman–Crippen MR) is 74.5 cm³/mol. The molecule has 3 rings (SSSR count). The Bertz CT molecular complexity index is 636. The number of hydrogen-bond acceptors (Lipinski definition) is 2. The Labute approximate surface area is 116 Å². The second-order valence-corrected chi connectivity index (χ2v) is 5.55. The van der Waals surface area contributed by atoms with Gasteiger partial charge in [0.1, 0.15) is 23.2 Å². The lowest BCUT2D eigenvalue weighted by Crippen LogP contribution is -2.19. The molecule has 1 aromatic carbocycles. The van der Waals surface area contributed by atoms with Gasteiger partial charge in [0.25, 0.3) is 0 Å². The number of nitrogen functional groups attached to an aromatic ring is 1. The van der Waals surface area contributed by atoms with Crippen molar-refractivity contribution in [3.8, 4) is 11.3 Å². The van der Waals surface area contributed by atoms with Crippen molar-refractivity contribution < 1.29 is 4.39 Å². The molecule has 1 aliphatic rings. The molecular weight excluding hydrogens is 265 g/mol. The minimum atomic E-state index is -0.429. The van der Waals surface area contributed by atoms with Crippen molar-refractivity contribution >= 4 is 17.4 Å². The number of hydrogen-bond donors (Lipinski definition) is 1. The Balaban J connectivity index is 2.08. The SMILES string of the molecule is CC1CCc2nc(-c3ccc(F)c(Cl)c3)c(N)n2C1. The van der Waals surface area contributed by atoms with Crippen LogP contribution in [0.1, 0.15) is 19.2 Å².